The zero-order chi connectivity index (χ0) is 11.7. The van der Waals surface area contributed by atoms with Gasteiger partial charge in [0.1, 0.15) is 0 Å². The van der Waals surface area contributed by atoms with Gasteiger partial charge in [0.05, 0.1) is 6.61 Å². The Morgan fingerprint density at radius 1 is 1.24 bits per heavy atom. The van der Waals surface area contributed by atoms with Crippen molar-refractivity contribution < 1.29 is 14.6 Å². The van der Waals surface area contributed by atoms with Gasteiger partial charge in [0, 0.05) is 12.1 Å². The van der Waals surface area contributed by atoms with Crippen LogP contribution in [0.25, 0.3) is 0 Å². The average molecular weight is 235 g/mol. The standard InChI is InChI=1S/C13H17NO3/c15-8-13(4-1-5-13)14-7-10-2-3-11-12(6-10)17-9-16-11/h2-3,6,14-15H,1,4-5,7-9H2. The summed E-state index contributed by atoms with van der Waals surface area (Å²) in [6.07, 6.45) is 3.33. The largest absolute Gasteiger partial charge is 0.454 e. The summed E-state index contributed by atoms with van der Waals surface area (Å²) in [5.41, 5.74) is 1.12. The molecule has 3 rings (SSSR count). The highest BCUT2D eigenvalue weighted by Crippen LogP contribution is 2.34. The molecule has 0 unspecified atom stereocenters. The van der Waals surface area contributed by atoms with Crippen molar-refractivity contribution in [2.45, 2.75) is 31.3 Å². The Kier molecular flexibility index (Phi) is 2.68. The number of aliphatic hydroxyl groups is 1. The number of hydrogen-bond acceptors (Lipinski definition) is 4. The first kappa shape index (κ1) is 10.9. The molecule has 92 valence electrons. The molecule has 0 spiro atoms. The lowest BCUT2D eigenvalue weighted by Crippen LogP contribution is -2.53. The molecule has 1 saturated carbocycles. The van der Waals surface area contributed by atoms with E-state index >= 15 is 0 Å². The van der Waals surface area contributed by atoms with Crippen molar-refractivity contribution >= 4 is 0 Å². The molecule has 0 amide bonds. The number of fused-ring (bicyclic) bond motifs is 1. The van der Waals surface area contributed by atoms with Crippen molar-refractivity contribution in [3.63, 3.8) is 0 Å². The summed E-state index contributed by atoms with van der Waals surface area (Å²) in [6, 6.07) is 5.97. The Hall–Kier alpha value is -1.26. The van der Waals surface area contributed by atoms with Crippen molar-refractivity contribution in [2.75, 3.05) is 13.4 Å². The van der Waals surface area contributed by atoms with Gasteiger partial charge in [-0.15, -0.1) is 0 Å². The Balaban J connectivity index is 1.65. The number of benzene rings is 1. The minimum absolute atomic E-state index is 0.0453. The maximum Gasteiger partial charge on any atom is 0.231 e. The SMILES string of the molecule is OCC1(NCc2ccc3c(c2)OCO3)CCC1. The van der Waals surface area contributed by atoms with E-state index in [1.165, 1.54) is 6.42 Å². The van der Waals surface area contributed by atoms with Crippen molar-refractivity contribution in [2.24, 2.45) is 0 Å². The van der Waals surface area contributed by atoms with Crippen LogP contribution in [0.1, 0.15) is 24.8 Å². The zero-order valence-corrected chi connectivity index (χ0v) is 9.74. The van der Waals surface area contributed by atoms with Gasteiger partial charge in [0.2, 0.25) is 6.79 Å². The highest BCUT2D eigenvalue weighted by molar-refractivity contribution is 5.44. The van der Waals surface area contributed by atoms with Gasteiger partial charge in [-0.25, -0.2) is 0 Å². The average Bonchev–Trinajstić information content (AvgIpc) is 2.75. The summed E-state index contributed by atoms with van der Waals surface area (Å²) in [5, 5.41) is 12.8. The van der Waals surface area contributed by atoms with E-state index < -0.39 is 0 Å². The zero-order valence-electron chi connectivity index (χ0n) is 9.74. The van der Waals surface area contributed by atoms with Crippen LogP contribution < -0.4 is 14.8 Å². The second kappa shape index (κ2) is 4.20. The molecule has 0 radical (unpaired) electrons. The first-order valence-corrected chi connectivity index (χ1v) is 6.06. The van der Waals surface area contributed by atoms with Crippen LogP contribution in [-0.4, -0.2) is 24.0 Å². The van der Waals surface area contributed by atoms with E-state index in [-0.39, 0.29) is 12.1 Å². The first-order chi connectivity index (χ1) is 8.31. The van der Waals surface area contributed by atoms with Crippen LogP contribution in [0.2, 0.25) is 0 Å². The van der Waals surface area contributed by atoms with Crippen LogP contribution >= 0.6 is 0 Å². The minimum Gasteiger partial charge on any atom is -0.454 e. The molecular weight excluding hydrogens is 218 g/mol. The van der Waals surface area contributed by atoms with E-state index in [0.29, 0.717) is 6.79 Å². The van der Waals surface area contributed by atoms with Crippen LogP contribution in [0.4, 0.5) is 0 Å². The summed E-state index contributed by atoms with van der Waals surface area (Å²) in [6.45, 7) is 1.29. The van der Waals surface area contributed by atoms with Gasteiger partial charge in [-0.1, -0.05) is 6.07 Å². The fourth-order valence-electron chi connectivity index (χ4n) is 2.33. The Morgan fingerprint density at radius 2 is 2.06 bits per heavy atom. The van der Waals surface area contributed by atoms with Crippen molar-refractivity contribution in [1.82, 2.24) is 5.32 Å². The molecule has 4 nitrogen and oxygen atoms in total. The van der Waals surface area contributed by atoms with Crippen LogP contribution in [0, 0.1) is 0 Å². The van der Waals surface area contributed by atoms with Gasteiger partial charge < -0.3 is 19.9 Å². The number of rotatable bonds is 4. The molecule has 1 aliphatic heterocycles. The summed E-state index contributed by atoms with van der Waals surface area (Å²) in [4.78, 5) is 0. The van der Waals surface area contributed by atoms with Crippen molar-refractivity contribution in [1.29, 1.82) is 0 Å². The summed E-state index contributed by atoms with van der Waals surface area (Å²) >= 11 is 0. The number of aliphatic hydroxyl groups excluding tert-OH is 1. The fourth-order valence-corrected chi connectivity index (χ4v) is 2.33. The molecule has 0 saturated heterocycles. The summed E-state index contributed by atoms with van der Waals surface area (Å²) in [5.74, 6) is 1.63. The molecular formula is C13H17NO3. The third-order valence-electron chi connectivity index (χ3n) is 3.72. The summed E-state index contributed by atoms with van der Waals surface area (Å²) in [7, 11) is 0. The molecule has 2 aliphatic rings. The van der Waals surface area contributed by atoms with Crippen LogP contribution in [0.5, 0.6) is 11.5 Å². The number of nitrogens with one attached hydrogen (secondary N) is 1. The highest BCUT2D eigenvalue weighted by atomic mass is 16.7. The molecule has 0 bridgehead atoms. The molecule has 17 heavy (non-hydrogen) atoms. The predicted octanol–water partition coefficient (Wildman–Crippen LogP) is 1.42. The monoisotopic (exact) mass is 235 g/mol. The fraction of sp³-hybridized carbons (Fsp3) is 0.538. The molecule has 1 fully saturated rings. The number of hydrogen-bond donors (Lipinski definition) is 2. The van der Waals surface area contributed by atoms with Gasteiger partial charge in [-0.2, -0.15) is 0 Å². The smallest absolute Gasteiger partial charge is 0.231 e. The maximum absolute atomic E-state index is 9.36. The quantitative estimate of drug-likeness (QED) is 0.828. The van der Waals surface area contributed by atoms with Crippen molar-refractivity contribution in [3.05, 3.63) is 23.8 Å². The lowest BCUT2D eigenvalue weighted by molar-refractivity contribution is 0.0872. The van der Waals surface area contributed by atoms with E-state index in [4.69, 9.17) is 9.47 Å². The predicted molar refractivity (Wildman–Crippen MR) is 63.1 cm³/mol. The van der Waals surface area contributed by atoms with Gasteiger partial charge in [-0.05, 0) is 37.0 Å². The molecule has 2 N–H and O–H groups in total. The molecule has 4 heteroatoms. The normalized spacial score (nSPS) is 20.1. The van der Waals surface area contributed by atoms with E-state index in [1.807, 2.05) is 18.2 Å². The Bertz CT molecular complexity index is 410. The summed E-state index contributed by atoms with van der Waals surface area (Å²) < 4.78 is 10.6. The topological polar surface area (TPSA) is 50.7 Å². The molecule has 1 aromatic carbocycles. The van der Waals surface area contributed by atoms with Crippen molar-refractivity contribution in [3.8, 4) is 11.5 Å². The minimum atomic E-state index is -0.0453. The second-order valence-electron chi connectivity index (χ2n) is 4.83. The van der Waals surface area contributed by atoms with Gasteiger partial charge >= 0.3 is 0 Å². The van der Waals surface area contributed by atoms with Crippen LogP contribution in [0.3, 0.4) is 0 Å². The van der Waals surface area contributed by atoms with Gasteiger partial charge in [0.15, 0.2) is 11.5 Å². The van der Waals surface area contributed by atoms with E-state index in [2.05, 4.69) is 5.32 Å². The first-order valence-electron chi connectivity index (χ1n) is 6.06. The second-order valence-corrected chi connectivity index (χ2v) is 4.83. The van der Waals surface area contributed by atoms with E-state index in [9.17, 15) is 5.11 Å². The Labute approximate surface area is 101 Å². The molecule has 0 aromatic heterocycles. The van der Waals surface area contributed by atoms with E-state index in [0.717, 1.165) is 36.4 Å². The lowest BCUT2D eigenvalue weighted by atomic mass is 9.77. The van der Waals surface area contributed by atoms with Gasteiger partial charge in [0.25, 0.3) is 0 Å². The highest BCUT2D eigenvalue weighted by Gasteiger charge is 2.35. The molecule has 1 heterocycles. The third kappa shape index (κ3) is 1.98. The van der Waals surface area contributed by atoms with E-state index in [1.54, 1.807) is 0 Å². The molecule has 1 aliphatic carbocycles. The van der Waals surface area contributed by atoms with Gasteiger partial charge in [-0.3, -0.25) is 0 Å². The maximum atomic E-state index is 9.36. The lowest BCUT2D eigenvalue weighted by Gasteiger charge is -2.41. The number of ether oxygens (including phenoxy) is 2. The van der Waals surface area contributed by atoms with Crippen LogP contribution in [0.15, 0.2) is 18.2 Å². The van der Waals surface area contributed by atoms with Crippen LogP contribution in [-0.2, 0) is 6.54 Å². The third-order valence-corrected chi connectivity index (χ3v) is 3.72. The molecule has 1 aromatic rings. The Morgan fingerprint density at radius 3 is 2.76 bits per heavy atom. The molecule has 0 atom stereocenters.